The molecule has 0 atom stereocenters. The fourth-order valence-electron chi connectivity index (χ4n) is 1.30. The molecule has 0 aliphatic carbocycles. The number of hydrogen-bond acceptors (Lipinski definition) is 2. The van der Waals surface area contributed by atoms with Crippen molar-refractivity contribution < 1.29 is 4.39 Å². The van der Waals surface area contributed by atoms with Crippen LogP contribution in [0.15, 0.2) is 18.2 Å². The molecule has 0 unspecified atom stereocenters. The molecule has 0 amide bonds. The number of benzene rings is 1. The number of rotatable bonds is 2. The molecular formula is C11H11ClFN3. The molecule has 2 aromatic rings. The number of halogens is 2. The first-order valence-corrected chi connectivity index (χ1v) is 5.33. The van der Waals surface area contributed by atoms with Crippen LogP contribution >= 0.6 is 11.6 Å². The van der Waals surface area contributed by atoms with Gasteiger partial charge in [0.1, 0.15) is 11.6 Å². The average molecular weight is 240 g/mol. The summed E-state index contributed by atoms with van der Waals surface area (Å²) >= 11 is 5.60. The SMILES string of the molecule is CC(C)c1nc(-c2ccc(Cl)c(F)c2)n[nH]1. The van der Waals surface area contributed by atoms with Crippen LogP contribution in [0, 0.1) is 5.82 Å². The minimum absolute atomic E-state index is 0.100. The summed E-state index contributed by atoms with van der Waals surface area (Å²) in [5, 5.41) is 6.95. The molecule has 0 spiro atoms. The lowest BCUT2D eigenvalue weighted by molar-refractivity contribution is 0.628. The van der Waals surface area contributed by atoms with Crippen LogP contribution < -0.4 is 0 Å². The Kier molecular flexibility index (Phi) is 2.92. The van der Waals surface area contributed by atoms with E-state index in [1.807, 2.05) is 13.8 Å². The molecule has 1 aromatic heterocycles. The van der Waals surface area contributed by atoms with Gasteiger partial charge in [-0.2, -0.15) is 5.10 Å². The van der Waals surface area contributed by atoms with Crippen molar-refractivity contribution >= 4 is 11.6 Å². The zero-order valence-corrected chi connectivity index (χ0v) is 9.72. The standard InChI is InChI=1S/C11H11ClFN3/c1-6(2)10-14-11(16-15-10)7-3-4-8(12)9(13)5-7/h3-6H,1-2H3,(H,14,15,16). The number of nitrogens with one attached hydrogen (secondary N) is 1. The van der Waals surface area contributed by atoms with Gasteiger partial charge in [0.15, 0.2) is 5.82 Å². The van der Waals surface area contributed by atoms with E-state index in [4.69, 9.17) is 11.6 Å². The monoisotopic (exact) mass is 239 g/mol. The molecule has 0 bridgehead atoms. The van der Waals surface area contributed by atoms with Gasteiger partial charge < -0.3 is 0 Å². The van der Waals surface area contributed by atoms with Crippen molar-refractivity contribution in [3.8, 4) is 11.4 Å². The number of H-pyrrole nitrogens is 1. The van der Waals surface area contributed by atoms with E-state index < -0.39 is 5.82 Å². The van der Waals surface area contributed by atoms with Crippen molar-refractivity contribution in [3.63, 3.8) is 0 Å². The molecule has 2 rings (SSSR count). The van der Waals surface area contributed by atoms with Crippen molar-refractivity contribution in [3.05, 3.63) is 34.9 Å². The molecule has 0 saturated heterocycles. The van der Waals surface area contributed by atoms with E-state index in [0.29, 0.717) is 11.4 Å². The highest BCUT2D eigenvalue weighted by molar-refractivity contribution is 6.30. The Balaban J connectivity index is 2.39. The van der Waals surface area contributed by atoms with Crippen molar-refractivity contribution in [1.82, 2.24) is 15.2 Å². The predicted octanol–water partition coefficient (Wildman–Crippen LogP) is 3.39. The summed E-state index contributed by atoms with van der Waals surface area (Å²) in [5.74, 6) is 1.07. The first-order valence-electron chi connectivity index (χ1n) is 4.95. The van der Waals surface area contributed by atoms with E-state index in [-0.39, 0.29) is 10.9 Å². The maximum absolute atomic E-state index is 13.2. The van der Waals surface area contributed by atoms with Crippen LogP contribution in [0.1, 0.15) is 25.6 Å². The summed E-state index contributed by atoms with van der Waals surface area (Å²) in [6, 6.07) is 4.52. The van der Waals surface area contributed by atoms with Crippen LogP contribution in [0.4, 0.5) is 4.39 Å². The Labute approximate surface area is 97.7 Å². The number of aromatic amines is 1. The van der Waals surface area contributed by atoms with Crippen LogP contribution in [0.3, 0.4) is 0 Å². The topological polar surface area (TPSA) is 41.6 Å². The van der Waals surface area contributed by atoms with Crippen LogP contribution in [0.25, 0.3) is 11.4 Å². The number of aromatic nitrogens is 3. The molecule has 0 aliphatic heterocycles. The Hall–Kier alpha value is -1.42. The van der Waals surface area contributed by atoms with Crippen molar-refractivity contribution in [1.29, 1.82) is 0 Å². The predicted molar refractivity (Wildman–Crippen MR) is 60.9 cm³/mol. The highest BCUT2D eigenvalue weighted by atomic mass is 35.5. The van der Waals surface area contributed by atoms with Gasteiger partial charge in [0.05, 0.1) is 5.02 Å². The molecule has 1 aromatic carbocycles. The molecule has 0 radical (unpaired) electrons. The third-order valence-corrected chi connectivity index (χ3v) is 2.53. The van der Waals surface area contributed by atoms with Crippen molar-refractivity contribution in [2.24, 2.45) is 0 Å². The lowest BCUT2D eigenvalue weighted by atomic mass is 10.2. The highest BCUT2D eigenvalue weighted by Crippen LogP contribution is 2.22. The Bertz CT molecular complexity index is 508. The first-order chi connectivity index (χ1) is 7.58. The van der Waals surface area contributed by atoms with Crippen LogP contribution in [-0.2, 0) is 0 Å². The minimum atomic E-state index is -0.463. The molecule has 1 heterocycles. The molecule has 16 heavy (non-hydrogen) atoms. The summed E-state index contributed by atoms with van der Waals surface area (Å²) in [6.45, 7) is 4.01. The van der Waals surface area contributed by atoms with Gasteiger partial charge in [-0.05, 0) is 18.2 Å². The summed E-state index contributed by atoms with van der Waals surface area (Å²) in [4.78, 5) is 4.27. The molecular weight excluding hydrogens is 229 g/mol. The van der Waals surface area contributed by atoms with Gasteiger partial charge in [0, 0.05) is 11.5 Å². The molecule has 5 heteroatoms. The molecule has 0 saturated carbocycles. The van der Waals surface area contributed by atoms with Gasteiger partial charge in [-0.15, -0.1) is 0 Å². The smallest absolute Gasteiger partial charge is 0.181 e. The highest BCUT2D eigenvalue weighted by Gasteiger charge is 2.10. The lowest BCUT2D eigenvalue weighted by Crippen LogP contribution is -1.89. The minimum Gasteiger partial charge on any atom is -0.262 e. The normalized spacial score (nSPS) is 11.1. The van der Waals surface area contributed by atoms with Crippen molar-refractivity contribution in [2.75, 3.05) is 0 Å². The zero-order valence-electron chi connectivity index (χ0n) is 8.96. The summed E-state index contributed by atoms with van der Waals surface area (Å²) in [6.07, 6.45) is 0. The largest absolute Gasteiger partial charge is 0.262 e. The molecule has 84 valence electrons. The first kappa shape index (κ1) is 11.1. The van der Waals surface area contributed by atoms with E-state index >= 15 is 0 Å². The molecule has 0 aliphatic rings. The quantitative estimate of drug-likeness (QED) is 0.873. The van der Waals surface area contributed by atoms with Crippen LogP contribution in [0.2, 0.25) is 5.02 Å². The maximum atomic E-state index is 13.2. The summed E-state index contributed by atoms with van der Waals surface area (Å²) in [5.41, 5.74) is 0.616. The zero-order chi connectivity index (χ0) is 11.7. The number of nitrogens with zero attached hydrogens (tertiary/aromatic N) is 2. The van der Waals surface area contributed by atoms with E-state index in [0.717, 1.165) is 5.82 Å². The Morgan fingerprint density at radius 1 is 1.38 bits per heavy atom. The van der Waals surface area contributed by atoms with Gasteiger partial charge in [0.25, 0.3) is 0 Å². The third kappa shape index (κ3) is 2.07. The molecule has 3 nitrogen and oxygen atoms in total. The second kappa shape index (κ2) is 4.22. The summed E-state index contributed by atoms with van der Waals surface area (Å²) in [7, 11) is 0. The van der Waals surface area contributed by atoms with E-state index in [1.165, 1.54) is 12.1 Å². The Morgan fingerprint density at radius 3 is 2.69 bits per heavy atom. The van der Waals surface area contributed by atoms with Gasteiger partial charge in [-0.3, -0.25) is 5.10 Å². The lowest BCUT2D eigenvalue weighted by Gasteiger charge is -1.98. The van der Waals surface area contributed by atoms with Gasteiger partial charge >= 0.3 is 0 Å². The molecule has 1 N–H and O–H groups in total. The van der Waals surface area contributed by atoms with Gasteiger partial charge in [0.2, 0.25) is 0 Å². The van der Waals surface area contributed by atoms with E-state index in [9.17, 15) is 4.39 Å². The number of hydrogen-bond donors (Lipinski definition) is 1. The fraction of sp³-hybridized carbons (Fsp3) is 0.273. The maximum Gasteiger partial charge on any atom is 0.181 e. The van der Waals surface area contributed by atoms with Crippen LogP contribution in [-0.4, -0.2) is 15.2 Å². The average Bonchev–Trinajstić information content (AvgIpc) is 2.71. The van der Waals surface area contributed by atoms with Crippen LogP contribution in [0.5, 0.6) is 0 Å². The molecule has 0 fully saturated rings. The van der Waals surface area contributed by atoms with Gasteiger partial charge in [-0.1, -0.05) is 25.4 Å². The summed E-state index contributed by atoms with van der Waals surface area (Å²) < 4.78 is 13.2. The van der Waals surface area contributed by atoms with Crippen molar-refractivity contribution in [2.45, 2.75) is 19.8 Å². The second-order valence-corrected chi connectivity index (χ2v) is 4.24. The fourth-order valence-corrected chi connectivity index (χ4v) is 1.41. The van der Waals surface area contributed by atoms with E-state index in [2.05, 4.69) is 15.2 Å². The Morgan fingerprint density at radius 2 is 2.12 bits per heavy atom. The van der Waals surface area contributed by atoms with Gasteiger partial charge in [-0.25, -0.2) is 9.37 Å². The second-order valence-electron chi connectivity index (χ2n) is 3.83. The van der Waals surface area contributed by atoms with E-state index in [1.54, 1.807) is 6.07 Å². The third-order valence-electron chi connectivity index (χ3n) is 2.23.